The first kappa shape index (κ1) is 13.8. The van der Waals surface area contributed by atoms with Crippen LogP contribution in [0, 0.1) is 6.92 Å². The van der Waals surface area contributed by atoms with Gasteiger partial charge in [0, 0.05) is 27.2 Å². The topological polar surface area (TPSA) is 39.1 Å². The van der Waals surface area contributed by atoms with Gasteiger partial charge >= 0.3 is 0 Å². The fraction of sp³-hybridized carbons (Fsp3) is 0.0588. The Bertz CT molecular complexity index is 864. The number of nitrogens with zero attached hydrogens (tertiary/aromatic N) is 1. The Hall–Kier alpha value is -2.20. The fourth-order valence-corrected chi connectivity index (χ4v) is 3.03. The molecule has 0 bridgehead atoms. The van der Waals surface area contributed by atoms with Crippen molar-refractivity contribution in [1.29, 1.82) is 0 Å². The molecular weight excluding hydrogens is 330 g/mol. The highest BCUT2D eigenvalue weighted by atomic mass is 79.9. The van der Waals surface area contributed by atoms with Gasteiger partial charge in [-0.05, 0) is 31.2 Å². The molecule has 0 saturated carbocycles. The van der Waals surface area contributed by atoms with Gasteiger partial charge in [-0.15, -0.1) is 0 Å². The Balaban J connectivity index is 2.24. The highest BCUT2D eigenvalue weighted by Crippen LogP contribution is 2.28. The zero-order valence-electron chi connectivity index (χ0n) is 11.3. The first-order valence-corrected chi connectivity index (χ1v) is 7.27. The first-order chi connectivity index (χ1) is 10.1. The van der Waals surface area contributed by atoms with Crippen molar-refractivity contribution in [3.8, 4) is 0 Å². The van der Waals surface area contributed by atoms with Crippen LogP contribution < -0.4 is 0 Å². The van der Waals surface area contributed by atoms with E-state index in [1.807, 2.05) is 43.3 Å². The molecular formula is C17H12BrNO2. The maximum Gasteiger partial charge on any atom is 0.262 e. The summed E-state index contributed by atoms with van der Waals surface area (Å²) in [5.41, 5.74) is 2.84. The van der Waals surface area contributed by atoms with Crippen molar-refractivity contribution < 1.29 is 9.59 Å². The second kappa shape index (κ2) is 5.30. The third-order valence-corrected chi connectivity index (χ3v) is 4.08. The van der Waals surface area contributed by atoms with Crippen molar-refractivity contribution in [2.45, 2.75) is 6.92 Å². The van der Waals surface area contributed by atoms with Gasteiger partial charge in [-0.3, -0.25) is 14.2 Å². The minimum Gasteiger partial charge on any atom is -0.298 e. The summed E-state index contributed by atoms with van der Waals surface area (Å²) in [6.45, 7) is 1.94. The van der Waals surface area contributed by atoms with E-state index in [1.54, 1.807) is 12.3 Å². The predicted octanol–water partition coefficient (Wildman–Crippen LogP) is 4.21. The minimum absolute atomic E-state index is 0.144. The molecule has 0 saturated heterocycles. The van der Waals surface area contributed by atoms with Crippen molar-refractivity contribution in [3.05, 3.63) is 69.8 Å². The van der Waals surface area contributed by atoms with E-state index in [0.717, 1.165) is 27.2 Å². The summed E-state index contributed by atoms with van der Waals surface area (Å²) in [7, 11) is 0. The Labute approximate surface area is 130 Å². The van der Waals surface area contributed by atoms with Gasteiger partial charge in [0.2, 0.25) is 0 Å². The third kappa shape index (κ3) is 2.32. The van der Waals surface area contributed by atoms with E-state index in [0.29, 0.717) is 11.1 Å². The molecule has 0 unspecified atom stereocenters. The molecule has 0 aliphatic carbocycles. The Kier molecular flexibility index (Phi) is 3.47. The number of aldehydes is 1. The molecule has 0 amide bonds. The first-order valence-electron chi connectivity index (χ1n) is 6.48. The molecule has 4 heteroatoms. The summed E-state index contributed by atoms with van der Waals surface area (Å²) in [6, 6.07) is 13.0. The van der Waals surface area contributed by atoms with Gasteiger partial charge in [0.05, 0.1) is 5.52 Å². The molecule has 3 rings (SSSR count). The molecule has 0 radical (unpaired) electrons. The van der Waals surface area contributed by atoms with E-state index in [4.69, 9.17) is 0 Å². The smallest absolute Gasteiger partial charge is 0.262 e. The molecule has 21 heavy (non-hydrogen) atoms. The monoisotopic (exact) mass is 341 g/mol. The number of hydrogen-bond acceptors (Lipinski definition) is 2. The number of aromatic nitrogens is 1. The predicted molar refractivity (Wildman–Crippen MR) is 85.9 cm³/mol. The second-order valence-electron chi connectivity index (χ2n) is 4.88. The van der Waals surface area contributed by atoms with Crippen molar-refractivity contribution in [3.63, 3.8) is 0 Å². The lowest BCUT2D eigenvalue weighted by atomic mass is 10.1. The van der Waals surface area contributed by atoms with E-state index in [1.165, 1.54) is 4.57 Å². The fourth-order valence-electron chi connectivity index (χ4n) is 2.45. The number of aryl methyl sites for hydroxylation is 1. The maximum absolute atomic E-state index is 12.7. The molecule has 2 aromatic carbocycles. The summed E-state index contributed by atoms with van der Waals surface area (Å²) < 4.78 is 2.33. The molecule has 0 spiro atoms. The van der Waals surface area contributed by atoms with Crippen LogP contribution in [0.4, 0.5) is 0 Å². The van der Waals surface area contributed by atoms with E-state index in [2.05, 4.69) is 15.9 Å². The van der Waals surface area contributed by atoms with Gasteiger partial charge in [0.1, 0.15) is 0 Å². The van der Waals surface area contributed by atoms with Crippen LogP contribution in [0.15, 0.2) is 53.1 Å². The third-order valence-electron chi connectivity index (χ3n) is 3.42. The van der Waals surface area contributed by atoms with Crippen LogP contribution in [0.25, 0.3) is 10.9 Å². The van der Waals surface area contributed by atoms with Gasteiger partial charge < -0.3 is 0 Å². The summed E-state index contributed by atoms with van der Waals surface area (Å²) >= 11 is 3.44. The molecule has 0 N–H and O–H groups in total. The molecule has 0 aliphatic rings. The normalized spacial score (nSPS) is 10.8. The van der Waals surface area contributed by atoms with Crippen LogP contribution >= 0.6 is 15.9 Å². The Morgan fingerprint density at radius 2 is 1.95 bits per heavy atom. The standard InChI is InChI=1S/C17H12BrNO2/c1-11-4-2-5-12(8-11)17(21)19-9-13(10-20)16-14(18)6-3-7-15(16)19/h2-10H,1H3. The second-order valence-corrected chi connectivity index (χ2v) is 5.74. The van der Waals surface area contributed by atoms with Crippen LogP contribution in [0.5, 0.6) is 0 Å². The van der Waals surface area contributed by atoms with E-state index >= 15 is 0 Å². The van der Waals surface area contributed by atoms with Crippen molar-refractivity contribution >= 4 is 39.0 Å². The Morgan fingerprint density at radius 1 is 1.19 bits per heavy atom. The largest absolute Gasteiger partial charge is 0.298 e. The molecule has 0 fully saturated rings. The zero-order chi connectivity index (χ0) is 15.0. The number of benzene rings is 2. The lowest BCUT2D eigenvalue weighted by Crippen LogP contribution is -2.10. The van der Waals surface area contributed by atoms with E-state index in [9.17, 15) is 9.59 Å². The van der Waals surface area contributed by atoms with Crippen molar-refractivity contribution in [2.75, 3.05) is 0 Å². The molecule has 3 nitrogen and oxygen atoms in total. The minimum atomic E-state index is -0.144. The number of fused-ring (bicyclic) bond motifs is 1. The summed E-state index contributed by atoms with van der Waals surface area (Å²) in [5, 5.41) is 0.758. The van der Waals surface area contributed by atoms with Crippen LogP contribution in [-0.4, -0.2) is 16.8 Å². The highest BCUT2D eigenvalue weighted by Gasteiger charge is 2.16. The molecule has 1 aromatic heterocycles. The number of rotatable bonds is 2. The number of carbonyl (C=O) groups excluding carboxylic acids is 2. The average Bonchev–Trinajstić information content (AvgIpc) is 2.86. The number of hydrogen-bond donors (Lipinski definition) is 0. The number of halogens is 1. The van der Waals surface area contributed by atoms with Crippen LogP contribution in [0.3, 0.4) is 0 Å². The molecule has 3 aromatic rings. The highest BCUT2D eigenvalue weighted by molar-refractivity contribution is 9.10. The SMILES string of the molecule is Cc1cccc(C(=O)n2cc(C=O)c3c(Br)cccc32)c1. The summed E-state index contributed by atoms with van der Waals surface area (Å²) in [5.74, 6) is -0.144. The quantitative estimate of drug-likeness (QED) is 0.655. The van der Waals surface area contributed by atoms with Gasteiger partial charge in [-0.1, -0.05) is 39.7 Å². The van der Waals surface area contributed by atoms with Crippen LogP contribution in [0.1, 0.15) is 26.3 Å². The Morgan fingerprint density at radius 3 is 2.67 bits per heavy atom. The lowest BCUT2D eigenvalue weighted by molar-refractivity contribution is 0.0965. The van der Waals surface area contributed by atoms with Gasteiger partial charge in [-0.2, -0.15) is 0 Å². The molecule has 104 valence electrons. The van der Waals surface area contributed by atoms with E-state index in [-0.39, 0.29) is 5.91 Å². The maximum atomic E-state index is 12.7. The molecule has 0 atom stereocenters. The van der Waals surface area contributed by atoms with Gasteiger partial charge in [0.25, 0.3) is 5.91 Å². The molecule has 0 aliphatic heterocycles. The van der Waals surface area contributed by atoms with Crippen molar-refractivity contribution in [2.24, 2.45) is 0 Å². The zero-order valence-corrected chi connectivity index (χ0v) is 12.9. The average molecular weight is 342 g/mol. The number of carbonyl (C=O) groups is 2. The van der Waals surface area contributed by atoms with E-state index < -0.39 is 0 Å². The van der Waals surface area contributed by atoms with Crippen LogP contribution in [-0.2, 0) is 0 Å². The molecule has 1 heterocycles. The lowest BCUT2D eigenvalue weighted by Gasteiger charge is -2.05. The summed E-state index contributed by atoms with van der Waals surface area (Å²) in [6.07, 6.45) is 2.36. The van der Waals surface area contributed by atoms with Crippen molar-refractivity contribution in [1.82, 2.24) is 4.57 Å². The van der Waals surface area contributed by atoms with Crippen LogP contribution in [0.2, 0.25) is 0 Å². The summed E-state index contributed by atoms with van der Waals surface area (Å²) in [4.78, 5) is 23.9. The van der Waals surface area contributed by atoms with Gasteiger partial charge in [-0.25, -0.2) is 0 Å². The van der Waals surface area contributed by atoms with Gasteiger partial charge in [0.15, 0.2) is 6.29 Å².